The van der Waals surface area contributed by atoms with Gasteiger partial charge in [0.25, 0.3) is 0 Å². The van der Waals surface area contributed by atoms with Crippen LogP contribution in [0.3, 0.4) is 0 Å². The molecule has 0 saturated carbocycles. The van der Waals surface area contributed by atoms with E-state index in [2.05, 4.69) is 27.6 Å². The number of rotatable bonds is 4. The highest BCUT2D eigenvalue weighted by Crippen LogP contribution is 2.29. The lowest BCUT2D eigenvalue weighted by Gasteiger charge is -2.41. The van der Waals surface area contributed by atoms with Gasteiger partial charge in [0.2, 0.25) is 5.91 Å². The number of hydrogen-bond donors (Lipinski definition) is 0. The summed E-state index contributed by atoms with van der Waals surface area (Å²) in [7, 11) is 0. The average Bonchev–Trinajstić information content (AvgIpc) is 3.19. The van der Waals surface area contributed by atoms with Gasteiger partial charge in [-0.1, -0.05) is 29.8 Å². The SMILES string of the molecule is [C-]#[N+]c1ccc2c(c1)CCC(N1CCN(CCc3ccc4c(c3C)COC4=O)CC1=O)C2. The summed E-state index contributed by atoms with van der Waals surface area (Å²) in [6.45, 7) is 12.6. The molecular weight excluding hydrogens is 402 g/mol. The van der Waals surface area contributed by atoms with Gasteiger partial charge in [0, 0.05) is 31.2 Å². The molecule has 2 aromatic carbocycles. The summed E-state index contributed by atoms with van der Waals surface area (Å²) in [5.74, 6) is -0.0133. The maximum Gasteiger partial charge on any atom is 0.338 e. The Morgan fingerprint density at radius 1 is 1.16 bits per heavy atom. The zero-order valence-corrected chi connectivity index (χ0v) is 18.4. The minimum absolute atomic E-state index is 0.215. The molecule has 2 heterocycles. The molecule has 1 atom stereocenters. The predicted molar refractivity (Wildman–Crippen MR) is 121 cm³/mol. The van der Waals surface area contributed by atoms with Crippen molar-refractivity contribution in [2.75, 3.05) is 26.2 Å². The Kier molecular flexibility index (Phi) is 5.44. The molecule has 1 aliphatic carbocycles. The van der Waals surface area contributed by atoms with Gasteiger partial charge in [0.05, 0.1) is 18.7 Å². The van der Waals surface area contributed by atoms with E-state index in [-0.39, 0.29) is 17.9 Å². The first-order valence-electron chi connectivity index (χ1n) is 11.3. The van der Waals surface area contributed by atoms with Gasteiger partial charge in [-0.15, -0.1) is 0 Å². The molecule has 2 aliphatic heterocycles. The molecule has 164 valence electrons. The molecule has 0 radical (unpaired) electrons. The third kappa shape index (κ3) is 3.78. The third-order valence-corrected chi connectivity index (χ3v) is 7.27. The van der Waals surface area contributed by atoms with E-state index in [1.54, 1.807) is 0 Å². The number of cyclic esters (lactones) is 1. The van der Waals surface area contributed by atoms with Gasteiger partial charge in [-0.25, -0.2) is 9.64 Å². The van der Waals surface area contributed by atoms with Crippen molar-refractivity contribution < 1.29 is 14.3 Å². The van der Waals surface area contributed by atoms with Crippen molar-refractivity contribution in [2.24, 2.45) is 0 Å². The van der Waals surface area contributed by atoms with Gasteiger partial charge >= 0.3 is 5.97 Å². The Balaban J connectivity index is 1.18. The number of hydrogen-bond acceptors (Lipinski definition) is 4. The second-order valence-corrected chi connectivity index (χ2v) is 9.03. The second kappa shape index (κ2) is 8.40. The van der Waals surface area contributed by atoms with E-state index in [1.807, 2.05) is 24.3 Å². The number of amides is 1. The van der Waals surface area contributed by atoms with Crippen LogP contribution in [0.1, 0.15) is 44.6 Å². The Morgan fingerprint density at radius 2 is 2.03 bits per heavy atom. The summed E-state index contributed by atoms with van der Waals surface area (Å²) >= 11 is 0. The van der Waals surface area contributed by atoms with Crippen LogP contribution in [0, 0.1) is 13.5 Å². The molecule has 0 spiro atoms. The van der Waals surface area contributed by atoms with E-state index in [1.165, 1.54) is 16.7 Å². The van der Waals surface area contributed by atoms with Gasteiger partial charge in [-0.3, -0.25) is 9.69 Å². The molecule has 0 bridgehead atoms. The summed E-state index contributed by atoms with van der Waals surface area (Å²) in [6.07, 6.45) is 3.64. The van der Waals surface area contributed by atoms with Crippen molar-refractivity contribution in [2.45, 2.75) is 45.3 Å². The smallest absolute Gasteiger partial charge is 0.338 e. The molecule has 3 aliphatic rings. The summed E-state index contributed by atoms with van der Waals surface area (Å²) < 4.78 is 5.16. The number of carbonyl (C=O) groups excluding carboxylic acids is 2. The molecular formula is C26H27N3O3. The van der Waals surface area contributed by atoms with Crippen LogP contribution in [0.5, 0.6) is 0 Å². The summed E-state index contributed by atoms with van der Waals surface area (Å²) in [5.41, 5.74) is 7.30. The average molecular weight is 430 g/mol. The van der Waals surface area contributed by atoms with Crippen molar-refractivity contribution in [3.8, 4) is 0 Å². The molecule has 1 amide bonds. The normalized spacial score (nSPS) is 20.5. The maximum absolute atomic E-state index is 13.0. The van der Waals surface area contributed by atoms with Crippen molar-refractivity contribution >= 4 is 17.6 Å². The van der Waals surface area contributed by atoms with E-state index < -0.39 is 0 Å². The highest BCUT2D eigenvalue weighted by Gasteiger charge is 2.32. The zero-order chi connectivity index (χ0) is 22.2. The van der Waals surface area contributed by atoms with E-state index in [9.17, 15) is 9.59 Å². The van der Waals surface area contributed by atoms with E-state index >= 15 is 0 Å². The van der Waals surface area contributed by atoms with Crippen molar-refractivity contribution in [3.63, 3.8) is 0 Å². The van der Waals surface area contributed by atoms with Crippen molar-refractivity contribution in [3.05, 3.63) is 75.1 Å². The van der Waals surface area contributed by atoms with Crippen molar-refractivity contribution in [1.82, 2.24) is 9.80 Å². The zero-order valence-electron chi connectivity index (χ0n) is 18.4. The van der Waals surface area contributed by atoms with Crippen LogP contribution in [0.25, 0.3) is 4.85 Å². The molecule has 1 unspecified atom stereocenters. The summed E-state index contributed by atoms with van der Waals surface area (Å²) in [4.78, 5) is 32.6. The van der Waals surface area contributed by atoms with Gasteiger partial charge in [0.15, 0.2) is 5.69 Å². The first kappa shape index (κ1) is 20.7. The van der Waals surface area contributed by atoms with Crippen molar-refractivity contribution in [1.29, 1.82) is 0 Å². The molecule has 1 saturated heterocycles. The van der Waals surface area contributed by atoms with Crippen LogP contribution < -0.4 is 0 Å². The minimum Gasteiger partial charge on any atom is -0.457 e. The Labute approximate surface area is 188 Å². The predicted octanol–water partition coefficient (Wildman–Crippen LogP) is 3.46. The van der Waals surface area contributed by atoms with Crippen LogP contribution in [-0.4, -0.2) is 53.9 Å². The fraction of sp³-hybridized carbons (Fsp3) is 0.423. The number of carbonyl (C=O) groups is 2. The Hall–Kier alpha value is -3.17. The van der Waals surface area contributed by atoms with E-state index in [0.717, 1.165) is 56.4 Å². The number of aryl methyl sites for hydroxylation is 1. The van der Waals surface area contributed by atoms with Gasteiger partial charge in [0.1, 0.15) is 6.61 Å². The molecule has 32 heavy (non-hydrogen) atoms. The van der Waals surface area contributed by atoms with E-state index in [0.29, 0.717) is 24.4 Å². The van der Waals surface area contributed by atoms with E-state index in [4.69, 9.17) is 11.3 Å². The Bertz CT molecular complexity index is 1130. The molecule has 0 N–H and O–H groups in total. The number of esters is 1. The van der Waals surface area contributed by atoms with Crippen LogP contribution >= 0.6 is 0 Å². The first-order valence-corrected chi connectivity index (χ1v) is 11.3. The Morgan fingerprint density at radius 3 is 2.84 bits per heavy atom. The minimum atomic E-state index is -0.228. The second-order valence-electron chi connectivity index (χ2n) is 9.03. The summed E-state index contributed by atoms with van der Waals surface area (Å²) in [6, 6.07) is 10.1. The fourth-order valence-corrected chi connectivity index (χ4v) is 5.32. The number of fused-ring (bicyclic) bond motifs is 2. The maximum atomic E-state index is 13.0. The first-order chi connectivity index (χ1) is 15.5. The number of ether oxygens (including phenoxy) is 1. The molecule has 6 heteroatoms. The fourth-order valence-electron chi connectivity index (χ4n) is 5.32. The number of piperazine rings is 1. The van der Waals surface area contributed by atoms with Crippen LogP contribution in [0.2, 0.25) is 0 Å². The monoisotopic (exact) mass is 429 g/mol. The highest BCUT2D eigenvalue weighted by molar-refractivity contribution is 5.93. The molecule has 2 aromatic rings. The van der Waals surface area contributed by atoms with Crippen LogP contribution in [0.15, 0.2) is 30.3 Å². The number of benzene rings is 2. The number of nitrogens with zero attached hydrogens (tertiary/aromatic N) is 3. The molecule has 5 rings (SSSR count). The lowest BCUT2D eigenvalue weighted by molar-refractivity contribution is -0.138. The molecule has 0 aromatic heterocycles. The standard InChI is InChI=1S/C26H27N3O3/c1-17-18(5-8-23-24(17)16-32-26(23)31)9-10-28-11-12-29(25(30)15-28)22-7-4-19-13-21(27-2)6-3-20(19)14-22/h3,5-6,8,13,22H,4,7,9-12,14-16H2,1H3. The van der Waals surface area contributed by atoms with Gasteiger partial charge in [-0.05, 0) is 55.4 Å². The largest absolute Gasteiger partial charge is 0.457 e. The lowest BCUT2D eigenvalue weighted by atomic mass is 9.87. The van der Waals surface area contributed by atoms with Gasteiger partial charge in [-0.2, -0.15) is 0 Å². The molecule has 6 nitrogen and oxygen atoms in total. The molecule has 1 fully saturated rings. The van der Waals surface area contributed by atoms with Crippen LogP contribution in [-0.2, 0) is 35.4 Å². The van der Waals surface area contributed by atoms with Gasteiger partial charge < -0.3 is 9.64 Å². The highest BCUT2D eigenvalue weighted by atomic mass is 16.5. The summed E-state index contributed by atoms with van der Waals surface area (Å²) in [5, 5.41) is 0. The quantitative estimate of drug-likeness (QED) is 0.552. The topological polar surface area (TPSA) is 54.2 Å². The van der Waals surface area contributed by atoms with Crippen LogP contribution in [0.4, 0.5) is 5.69 Å². The lowest BCUT2D eigenvalue weighted by Crippen LogP contribution is -2.55. The third-order valence-electron chi connectivity index (χ3n) is 7.27.